The maximum absolute atomic E-state index is 12.4. The number of rotatable bonds is 5. The van der Waals surface area contributed by atoms with Crippen LogP contribution in [-0.2, 0) is 15.8 Å². The standard InChI is InChI=1S/C20H31N3O3Si/c1-20(2,3)27(4,5)26-15-18-13-22(11-12-23(18)16-21)19(24)25-14-17-9-7-6-8-10-17/h6-10,18H,11-15H2,1-5H3/t18-/m0/s1. The molecule has 6 nitrogen and oxygen atoms in total. The number of piperazine rings is 1. The number of nitrogens with zero attached hydrogens (tertiary/aromatic N) is 3. The molecule has 1 aromatic rings. The number of carbonyl (C=O) groups is 1. The normalized spacial score (nSPS) is 18.1. The van der Waals surface area contributed by atoms with Gasteiger partial charge in [0, 0.05) is 19.6 Å². The Bertz CT molecular complexity index is 667. The molecule has 0 radical (unpaired) electrons. The lowest BCUT2D eigenvalue weighted by Crippen LogP contribution is -2.56. The van der Waals surface area contributed by atoms with Crippen molar-refractivity contribution in [2.24, 2.45) is 0 Å². The van der Waals surface area contributed by atoms with Crippen LogP contribution in [0.5, 0.6) is 0 Å². The zero-order chi connectivity index (χ0) is 20.1. The Morgan fingerprint density at radius 2 is 1.93 bits per heavy atom. The topological polar surface area (TPSA) is 65.8 Å². The molecule has 0 unspecified atom stereocenters. The summed E-state index contributed by atoms with van der Waals surface area (Å²) in [7, 11) is -1.91. The molecular weight excluding hydrogens is 358 g/mol. The number of hydrogen-bond acceptors (Lipinski definition) is 5. The molecule has 27 heavy (non-hydrogen) atoms. The van der Waals surface area contributed by atoms with Crippen LogP contribution in [0, 0.1) is 11.5 Å². The van der Waals surface area contributed by atoms with Gasteiger partial charge in [-0.1, -0.05) is 51.1 Å². The van der Waals surface area contributed by atoms with E-state index in [1.807, 2.05) is 30.3 Å². The number of benzene rings is 1. The van der Waals surface area contributed by atoms with Crippen LogP contribution < -0.4 is 0 Å². The van der Waals surface area contributed by atoms with Gasteiger partial charge in [0.05, 0.1) is 12.6 Å². The van der Waals surface area contributed by atoms with Crippen LogP contribution in [0.3, 0.4) is 0 Å². The molecule has 1 aromatic carbocycles. The Labute approximate surface area is 163 Å². The van der Waals surface area contributed by atoms with E-state index in [9.17, 15) is 10.1 Å². The summed E-state index contributed by atoms with van der Waals surface area (Å²) in [5.41, 5.74) is 0.958. The number of hydrogen-bond donors (Lipinski definition) is 0. The first kappa shape index (κ1) is 21.3. The van der Waals surface area contributed by atoms with Crippen LogP contribution >= 0.6 is 0 Å². The minimum absolute atomic E-state index is 0.105. The minimum Gasteiger partial charge on any atom is -0.445 e. The number of nitriles is 1. The van der Waals surface area contributed by atoms with Gasteiger partial charge in [-0.05, 0) is 23.7 Å². The molecule has 0 N–H and O–H groups in total. The second kappa shape index (κ2) is 8.76. The summed E-state index contributed by atoms with van der Waals surface area (Å²) in [6.07, 6.45) is 1.90. The van der Waals surface area contributed by atoms with Gasteiger partial charge in [0.25, 0.3) is 0 Å². The monoisotopic (exact) mass is 389 g/mol. The van der Waals surface area contributed by atoms with E-state index >= 15 is 0 Å². The fraction of sp³-hybridized carbons (Fsp3) is 0.600. The fourth-order valence-electron chi connectivity index (χ4n) is 2.63. The van der Waals surface area contributed by atoms with Gasteiger partial charge < -0.3 is 19.0 Å². The van der Waals surface area contributed by atoms with Crippen LogP contribution in [0.25, 0.3) is 0 Å². The van der Waals surface area contributed by atoms with Gasteiger partial charge >= 0.3 is 6.09 Å². The van der Waals surface area contributed by atoms with E-state index < -0.39 is 8.32 Å². The maximum atomic E-state index is 12.4. The predicted molar refractivity (Wildman–Crippen MR) is 107 cm³/mol. The highest BCUT2D eigenvalue weighted by atomic mass is 28.4. The van der Waals surface area contributed by atoms with E-state index in [0.717, 1.165) is 5.56 Å². The highest BCUT2D eigenvalue weighted by molar-refractivity contribution is 6.74. The first-order valence-electron chi connectivity index (χ1n) is 9.40. The van der Waals surface area contributed by atoms with Crippen molar-refractivity contribution >= 4 is 14.4 Å². The zero-order valence-electron chi connectivity index (χ0n) is 17.1. The quantitative estimate of drug-likeness (QED) is 0.566. The van der Waals surface area contributed by atoms with Crippen molar-refractivity contribution in [2.75, 3.05) is 26.2 Å². The summed E-state index contributed by atoms with van der Waals surface area (Å²) in [5.74, 6) is 0. The van der Waals surface area contributed by atoms with E-state index in [2.05, 4.69) is 40.1 Å². The summed E-state index contributed by atoms with van der Waals surface area (Å²) in [6.45, 7) is 13.1. The summed E-state index contributed by atoms with van der Waals surface area (Å²) >= 11 is 0. The third-order valence-electron chi connectivity index (χ3n) is 5.52. The Kier molecular flexibility index (Phi) is 6.90. The highest BCUT2D eigenvalue weighted by Gasteiger charge is 2.39. The average molecular weight is 390 g/mol. The lowest BCUT2D eigenvalue weighted by atomic mass is 10.2. The van der Waals surface area contributed by atoms with Crippen molar-refractivity contribution < 1.29 is 14.0 Å². The third kappa shape index (κ3) is 5.71. The zero-order valence-corrected chi connectivity index (χ0v) is 18.1. The molecule has 0 aromatic heterocycles. The highest BCUT2D eigenvalue weighted by Crippen LogP contribution is 2.36. The molecule has 1 aliphatic rings. The van der Waals surface area contributed by atoms with Crippen molar-refractivity contribution in [3.63, 3.8) is 0 Å². The maximum Gasteiger partial charge on any atom is 0.410 e. The van der Waals surface area contributed by atoms with Crippen molar-refractivity contribution in [1.82, 2.24) is 9.80 Å². The Morgan fingerprint density at radius 1 is 1.26 bits per heavy atom. The summed E-state index contributed by atoms with van der Waals surface area (Å²) in [5, 5.41) is 9.53. The molecule has 1 amide bonds. The second-order valence-corrected chi connectivity index (χ2v) is 13.3. The SMILES string of the molecule is CC(C)(C)[Si](C)(C)OC[C@@H]1CN(C(=O)OCc2ccccc2)CCN1C#N. The number of carbonyl (C=O) groups excluding carboxylic acids is 1. The summed E-state index contributed by atoms with van der Waals surface area (Å²) < 4.78 is 11.7. The van der Waals surface area contributed by atoms with Crippen molar-refractivity contribution in [2.45, 2.75) is 51.6 Å². The molecule has 1 heterocycles. The third-order valence-corrected chi connectivity index (χ3v) is 10.0. The number of amides is 1. The van der Waals surface area contributed by atoms with Crippen LogP contribution in [-0.4, -0.2) is 56.5 Å². The summed E-state index contributed by atoms with van der Waals surface area (Å²) in [4.78, 5) is 15.8. The molecule has 0 bridgehead atoms. The predicted octanol–water partition coefficient (Wildman–Crippen LogP) is 3.81. The Balaban J connectivity index is 1.93. The van der Waals surface area contributed by atoms with Crippen LogP contribution in [0.2, 0.25) is 18.1 Å². The van der Waals surface area contributed by atoms with Gasteiger partial charge in [-0.3, -0.25) is 0 Å². The number of ether oxygens (including phenoxy) is 1. The average Bonchev–Trinajstić information content (AvgIpc) is 2.64. The summed E-state index contributed by atoms with van der Waals surface area (Å²) in [6, 6.07) is 9.49. The fourth-order valence-corrected chi connectivity index (χ4v) is 3.67. The van der Waals surface area contributed by atoms with E-state index in [1.165, 1.54) is 0 Å². The Hall–Kier alpha value is -2.04. The van der Waals surface area contributed by atoms with E-state index in [-0.39, 0.29) is 23.8 Å². The molecular formula is C20H31N3O3Si. The van der Waals surface area contributed by atoms with Gasteiger partial charge in [-0.2, -0.15) is 5.26 Å². The molecule has 148 valence electrons. The molecule has 1 atom stereocenters. The van der Waals surface area contributed by atoms with Crippen molar-refractivity contribution in [3.05, 3.63) is 35.9 Å². The molecule has 0 aliphatic carbocycles. The van der Waals surface area contributed by atoms with Crippen LogP contribution in [0.1, 0.15) is 26.3 Å². The second-order valence-electron chi connectivity index (χ2n) is 8.50. The van der Waals surface area contributed by atoms with E-state index in [4.69, 9.17) is 9.16 Å². The van der Waals surface area contributed by atoms with Gasteiger partial charge in [0.2, 0.25) is 0 Å². The molecule has 7 heteroatoms. The van der Waals surface area contributed by atoms with Gasteiger partial charge in [0.15, 0.2) is 14.5 Å². The molecule has 1 fully saturated rings. The molecule has 0 saturated carbocycles. The molecule has 0 spiro atoms. The largest absolute Gasteiger partial charge is 0.445 e. The minimum atomic E-state index is -1.91. The van der Waals surface area contributed by atoms with Crippen LogP contribution in [0.15, 0.2) is 30.3 Å². The van der Waals surface area contributed by atoms with Crippen LogP contribution in [0.4, 0.5) is 4.79 Å². The lowest BCUT2D eigenvalue weighted by molar-refractivity contribution is 0.0510. The van der Waals surface area contributed by atoms with Crippen molar-refractivity contribution in [1.29, 1.82) is 5.26 Å². The molecule has 2 rings (SSSR count). The smallest absolute Gasteiger partial charge is 0.410 e. The molecule has 1 aliphatic heterocycles. The van der Waals surface area contributed by atoms with E-state index in [0.29, 0.717) is 26.2 Å². The lowest BCUT2D eigenvalue weighted by Gasteiger charge is -2.41. The van der Waals surface area contributed by atoms with Gasteiger partial charge in [-0.25, -0.2) is 4.79 Å². The molecule has 1 saturated heterocycles. The first-order valence-corrected chi connectivity index (χ1v) is 12.3. The Morgan fingerprint density at radius 3 is 2.52 bits per heavy atom. The van der Waals surface area contributed by atoms with Crippen molar-refractivity contribution in [3.8, 4) is 6.19 Å². The van der Waals surface area contributed by atoms with Gasteiger partial charge in [0.1, 0.15) is 6.61 Å². The van der Waals surface area contributed by atoms with E-state index in [1.54, 1.807) is 9.80 Å². The van der Waals surface area contributed by atoms with Gasteiger partial charge in [-0.15, -0.1) is 0 Å². The first-order chi connectivity index (χ1) is 12.6.